The van der Waals surface area contributed by atoms with Crippen molar-refractivity contribution in [2.75, 3.05) is 0 Å². The second-order valence-electron chi connectivity index (χ2n) is 15.7. The Balaban J connectivity index is 3.81. The van der Waals surface area contributed by atoms with Gasteiger partial charge in [0.1, 0.15) is 0 Å². The number of carbonyl (C=O) groups is 2. The van der Waals surface area contributed by atoms with Gasteiger partial charge in [0.25, 0.3) is 0 Å². The fraction of sp³-hybridized carbons (Fsp3) is 0.955. The zero-order valence-corrected chi connectivity index (χ0v) is 32.8. The van der Waals surface area contributed by atoms with E-state index in [1.54, 1.807) is 0 Å². The number of hydrogen-bond donors (Lipinski definition) is 2. The first-order valence-corrected chi connectivity index (χ1v) is 21.9. The van der Waals surface area contributed by atoms with Crippen molar-refractivity contribution in [1.82, 2.24) is 0 Å². The normalized spacial score (nSPS) is 11.8. The lowest BCUT2D eigenvalue weighted by Gasteiger charge is -2.28. The molecule has 0 unspecified atom stereocenters. The summed E-state index contributed by atoms with van der Waals surface area (Å²) in [5.41, 5.74) is -1.09. The van der Waals surface area contributed by atoms with Gasteiger partial charge in [-0.2, -0.15) is 0 Å². The lowest BCUT2D eigenvalue weighted by atomic mass is 9.75. The number of aliphatic carboxylic acids is 2. The quantitative estimate of drug-likeness (QED) is 0.0631. The summed E-state index contributed by atoms with van der Waals surface area (Å²) in [6.07, 6.45) is 47.9. The lowest BCUT2D eigenvalue weighted by Crippen LogP contribution is -2.33. The van der Waals surface area contributed by atoms with E-state index >= 15 is 0 Å². The van der Waals surface area contributed by atoms with E-state index in [-0.39, 0.29) is 6.42 Å². The maximum absolute atomic E-state index is 12.3. The first-order chi connectivity index (χ1) is 23.5. The summed E-state index contributed by atoms with van der Waals surface area (Å²) in [6.45, 7) is 4.56. The largest absolute Gasteiger partial charge is 0.481 e. The molecule has 0 bridgehead atoms. The molecular formula is C44H86O4. The highest BCUT2D eigenvalue weighted by atomic mass is 16.4. The van der Waals surface area contributed by atoms with Gasteiger partial charge in [0.2, 0.25) is 0 Å². The average molecular weight is 679 g/mol. The minimum atomic E-state index is -1.09. The lowest BCUT2D eigenvalue weighted by molar-refractivity contribution is -0.157. The van der Waals surface area contributed by atoms with Gasteiger partial charge in [0.15, 0.2) is 0 Å². The van der Waals surface area contributed by atoms with Crippen LogP contribution in [0.25, 0.3) is 0 Å². The molecule has 286 valence electrons. The van der Waals surface area contributed by atoms with Crippen molar-refractivity contribution in [3.63, 3.8) is 0 Å². The van der Waals surface area contributed by atoms with Gasteiger partial charge in [0, 0.05) is 0 Å². The highest BCUT2D eigenvalue weighted by molar-refractivity contribution is 5.81. The van der Waals surface area contributed by atoms with Crippen LogP contribution in [0.3, 0.4) is 0 Å². The molecule has 0 aromatic rings. The molecule has 0 aliphatic rings. The highest BCUT2D eigenvalue weighted by Gasteiger charge is 2.39. The zero-order valence-electron chi connectivity index (χ0n) is 32.8. The Morgan fingerprint density at radius 3 is 0.688 bits per heavy atom. The van der Waals surface area contributed by atoms with Crippen LogP contribution in [0.15, 0.2) is 0 Å². The van der Waals surface area contributed by atoms with Gasteiger partial charge in [-0.1, -0.05) is 245 Å². The molecule has 0 radical (unpaired) electrons. The Kier molecular flexibility index (Phi) is 36.4. The van der Waals surface area contributed by atoms with E-state index in [2.05, 4.69) is 13.8 Å². The van der Waals surface area contributed by atoms with Crippen LogP contribution in [0.2, 0.25) is 0 Å². The Morgan fingerprint density at radius 1 is 0.333 bits per heavy atom. The van der Waals surface area contributed by atoms with Crippen molar-refractivity contribution in [1.29, 1.82) is 0 Å². The van der Waals surface area contributed by atoms with E-state index < -0.39 is 17.4 Å². The monoisotopic (exact) mass is 679 g/mol. The van der Waals surface area contributed by atoms with Gasteiger partial charge >= 0.3 is 11.9 Å². The molecule has 0 aliphatic carbocycles. The number of hydrogen-bond acceptors (Lipinski definition) is 2. The molecular weight excluding hydrogens is 592 g/mol. The van der Waals surface area contributed by atoms with Crippen molar-refractivity contribution in [2.24, 2.45) is 5.41 Å². The van der Waals surface area contributed by atoms with Crippen LogP contribution < -0.4 is 0 Å². The first kappa shape index (κ1) is 46.9. The summed E-state index contributed by atoms with van der Waals surface area (Å²) in [5.74, 6) is -1.87. The molecule has 0 amide bonds. The Hall–Kier alpha value is -1.06. The molecule has 0 aliphatic heterocycles. The summed E-state index contributed by atoms with van der Waals surface area (Å²) in [7, 11) is 0. The molecule has 48 heavy (non-hydrogen) atoms. The predicted molar refractivity (Wildman–Crippen MR) is 209 cm³/mol. The van der Waals surface area contributed by atoms with E-state index in [0.717, 1.165) is 38.5 Å². The number of rotatable bonds is 41. The molecule has 0 atom stereocenters. The molecule has 0 heterocycles. The van der Waals surface area contributed by atoms with Gasteiger partial charge < -0.3 is 10.2 Å². The summed E-state index contributed by atoms with van der Waals surface area (Å²) in [5, 5.41) is 19.6. The first-order valence-electron chi connectivity index (χ1n) is 21.9. The van der Waals surface area contributed by atoms with E-state index in [9.17, 15) is 19.8 Å². The van der Waals surface area contributed by atoms with Crippen LogP contribution in [-0.4, -0.2) is 22.2 Å². The van der Waals surface area contributed by atoms with Gasteiger partial charge in [-0.3, -0.25) is 9.59 Å². The average Bonchev–Trinajstić information content (AvgIpc) is 3.06. The summed E-state index contributed by atoms with van der Waals surface area (Å²) in [4.78, 5) is 24.0. The maximum Gasteiger partial charge on any atom is 0.310 e. The topological polar surface area (TPSA) is 74.6 Å². The predicted octanol–water partition coefficient (Wildman–Crippen LogP) is 15.4. The molecule has 0 saturated heterocycles. The summed E-state index contributed by atoms with van der Waals surface area (Å²) < 4.78 is 0. The summed E-state index contributed by atoms with van der Waals surface area (Å²) in [6, 6.07) is 0. The third-order valence-corrected chi connectivity index (χ3v) is 11.0. The van der Waals surface area contributed by atoms with E-state index in [1.165, 1.54) is 193 Å². The molecule has 0 aromatic carbocycles. The van der Waals surface area contributed by atoms with E-state index in [0.29, 0.717) is 12.8 Å². The van der Waals surface area contributed by atoms with Gasteiger partial charge in [-0.25, -0.2) is 0 Å². The van der Waals surface area contributed by atoms with Crippen LogP contribution in [0.5, 0.6) is 0 Å². The second kappa shape index (κ2) is 37.2. The standard InChI is InChI=1S/C44H86O4/c1-3-5-7-9-11-13-15-17-19-21-23-25-27-29-31-33-35-37-39-44(43(47)48,41-42(45)46)40-38-36-34-32-30-28-26-24-22-20-18-16-14-12-10-8-6-4-2/h3-41H2,1-2H3,(H,45,46)(H,47,48). The van der Waals surface area contributed by atoms with Gasteiger partial charge in [-0.15, -0.1) is 0 Å². The minimum Gasteiger partial charge on any atom is -0.481 e. The molecule has 4 heteroatoms. The Morgan fingerprint density at radius 2 is 0.521 bits per heavy atom. The van der Waals surface area contributed by atoms with Crippen LogP contribution in [-0.2, 0) is 9.59 Å². The zero-order chi connectivity index (χ0) is 35.2. The SMILES string of the molecule is CCCCCCCCCCCCCCCCCCCCC(CCCCCCCCCCCCCCCCCCCC)(CC(=O)O)C(=O)O. The second-order valence-corrected chi connectivity index (χ2v) is 15.7. The van der Waals surface area contributed by atoms with E-state index in [4.69, 9.17) is 0 Å². The van der Waals surface area contributed by atoms with Crippen molar-refractivity contribution in [2.45, 2.75) is 264 Å². The number of carboxylic acids is 2. The van der Waals surface area contributed by atoms with Gasteiger partial charge in [-0.05, 0) is 12.8 Å². The van der Waals surface area contributed by atoms with Crippen LogP contribution in [0, 0.1) is 5.41 Å². The molecule has 0 rings (SSSR count). The van der Waals surface area contributed by atoms with Crippen LogP contribution in [0.4, 0.5) is 0 Å². The molecule has 0 saturated carbocycles. The highest BCUT2D eigenvalue weighted by Crippen LogP contribution is 2.36. The number of unbranched alkanes of at least 4 members (excludes halogenated alkanes) is 34. The van der Waals surface area contributed by atoms with Crippen molar-refractivity contribution >= 4 is 11.9 Å². The molecule has 0 aromatic heterocycles. The van der Waals surface area contributed by atoms with Crippen LogP contribution in [0.1, 0.15) is 264 Å². The van der Waals surface area contributed by atoms with Crippen LogP contribution >= 0.6 is 0 Å². The van der Waals surface area contributed by atoms with E-state index in [1.807, 2.05) is 0 Å². The van der Waals surface area contributed by atoms with Crippen molar-refractivity contribution in [3.8, 4) is 0 Å². The smallest absolute Gasteiger partial charge is 0.310 e. The maximum atomic E-state index is 12.3. The fourth-order valence-electron chi connectivity index (χ4n) is 7.61. The molecule has 0 spiro atoms. The molecule has 0 fully saturated rings. The third-order valence-electron chi connectivity index (χ3n) is 11.0. The third kappa shape index (κ3) is 32.2. The summed E-state index contributed by atoms with van der Waals surface area (Å²) >= 11 is 0. The Bertz CT molecular complexity index is 635. The van der Waals surface area contributed by atoms with Gasteiger partial charge in [0.05, 0.1) is 11.8 Å². The Labute approximate surface area is 300 Å². The number of carboxylic acid groups (broad SMARTS) is 2. The molecule has 2 N–H and O–H groups in total. The van der Waals surface area contributed by atoms with Crippen molar-refractivity contribution in [3.05, 3.63) is 0 Å². The minimum absolute atomic E-state index is 0.236. The fourth-order valence-corrected chi connectivity index (χ4v) is 7.61. The van der Waals surface area contributed by atoms with Crippen molar-refractivity contribution < 1.29 is 19.8 Å². The molecule has 4 nitrogen and oxygen atoms in total.